The van der Waals surface area contributed by atoms with Crippen molar-refractivity contribution >= 4 is 32.8 Å². The molecule has 0 spiro atoms. The number of rotatable bonds is 1. The van der Waals surface area contributed by atoms with Crippen LogP contribution in [-0.2, 0) is 0 Å². The second-order valence-electron chi connectivity index (χ2n) is 4.53. The second kappa shape index (κ2) is 4.35. The zero-order valence-corrected chi connectivity index (χ0v) is 12.3. The van der Waals surface area contributed by atoms with Gasteiger partial charge in [0.15, 0.2) is 0 Å². The highest BCUT2D eigenvalue weighted by Crippen LogP contribution is 2.32. The van der Waals surface area contributed by atoms with Gasteiger partial charge in [0, 0.05) is 15.6 Å². The molecule has 0 radical (unpaired) electrons. The van der Waals surface area contributed by atoms with Crippen molar-refractivity contribution in [2.75, 3.05) is 0 Å². The maximum absolute atomic E-state index is 11.5. The number of carboxylic acids is 1. The number of hydrogen-bond donors (Lipinski definition) is 1. The van der Waals surface area contributed by atoms with E-state index >= 15 is 0 Å². The van der Waals surface area contributed by atoms with Crippen molar-refractivity contribution in [1.29, 1.82) is 0 Å². The largest absolute Gasteiger partial charge is 0.478 e. The molecular weight excluding hydrogens is 294 g/mol. The quantitative estimate of drug-likeness (QED) is 0.868. The Labute approximate surface area is 114 Å². The highest BCUT2D eigenvalue weighted by atomic mass is 79.9. The van der Waals surface area contributed by atoms with Crippen LogP contribution in [0.3, 0.4) is 0 Å². The number of pyridine rings is 1. The van der Waals surface area contributed by atoms with E-state index in [2.05, 4.69) is 20.9 Å². The standard InChI is InChI=1S/C14H14BrNO2/c1-6-5-10-11(8(3)13(6)15)12(14(17)18)7(2)9(4)16-10/h5H,1-4H3,(H,17,18). The lowest BCUT2D eigenvalue weighted by Gasteiger charge is -2.14. The molecule has 4 heteroatoms. The van der Waals surface area contributed by atoms with Gasteiger partial charge in [-0.15, -0.1) is 0 Å². The van der Waals surface area contributed by atoms with Crippen LogP contribution in [0.25, 0.3) is 10.9 Å². The van der Waals surface area contributed by atoms with E-state index in [-0.39, 0.29) is 0 Å². The fourth-order valence-electron chi connectivity index (χ4n) is 2.24. The molecule has 0 aliphatic heterocycles. The van der Waals surface area contributed by atoms with Gasteiger partial charge in [0.2, 0.25) is 0 Å². The summed E-state index contributed by atoms with van der Waals surface area (Å²) in [6.07, 6.45) is 0. The van der Waals surface area contributed by atoms with Crippen LogP contribution in [0, 0.1) is 27.7 Å². The van der Waals surface area contributed by atoms with Crippen molar-refractivity contribution in [2.24, 2.45) is 0 Å². The van der Waals surface area contributed by atoms with Crippen LogP contribution in [-0.4, -0.2) is 16.1 Å². The fourth-order valence-corrected chi connectivity index (χ4v) is 2.55. The van der Waals surface area contributed by atoms with Crippen molar-refractivity contribution < 1.29 is 9.90 Å². The molecule has 2 rings (SSSR count). The number of hydrogen-bond acceptors (Lipinski definition) is 2. The SMILES string of the molecule is Cc1cc2nc(C)c(C)c(C(=O)O)c2c(C)c1Br. The van der Waals surface area contributed by atoms with Crippen LogP contribution in [0.1, 0.15) is 32.7 Å². The number of benzene rings is 1. The van der Waals surface area contributed by atoms with Gasteiger partial charge in [-0.05, 0) is 50.5 Å². The first-order valence-corrected chi connectivity index (χ1v) is 6.43. The summed E-state index contributed by atoms with van der Waals surface area (Å²) in [6.45, 7) is 7.54. The summed E-state index contributed by atoms with van der Waals surface area (Å²) in [7, 11) is 0. The van der Waals surface area contributed by atoms with E-state index in [0.29, 0.717) is 5.56 Å². The van der Waals surface area contributed by atoms with E-state index in [1.54, 1.807) is 6.92 Å². The minimum absolute atomic E-state index is 0.357. The number of aromatic carboxylic acids is 1. The van der Waals surface area contributed by atoms with Crippen molar-refractivity contribution in [3.63, 3.8) is 0 Å². The zero-order chi connectivity index (χ0) is 13.6. The third-order valence-corrected chi connectivity index (χ3v) is 4.55. The second-order valence-corrected chi connectivity index (χ2v) is 5.32. The van der Waals surface area contributed by atoms with Crippen molar-refractivity contribution in [2.45, 2.75) is 27.7 Å². The molecule has 0 saturated carbocycles. The number of carboxylic acid groups (broad SMARTS) is 1. The lowest BCUT2D eigenvalue weighted by Crippen LogP contribution is -2.06. The average Bonchev–Trinajstić information content (AvgIpc) is 2.29. The molecule has 0 bridgehead atoms. The molecule has 2 aromatic rings. The minimum atomic E-state index is -0.901. The van der Waals surface area contributed by atoms with Crippen molar-refractivity contribution in [1.82, 2.24) is 4.98 Å². The maximum atomic E-state index is 11.5. The third-order valence-electron chi connectivity index (χ3n) is 3.33. The number of halogens is 1. The monoisotopic (exact) mass is 307 g/mol. The minimum Gasteiger partial charge on any atom is -0.478 e. The normalized spacial score (nSPS) is 10.9. The van der Waals surface area contributed by atoms with E-state index in [0.717, 1.165) is 37.8 Å². The van der Waals surface area contributed by atoms with Gasteiger partial charge in [0.05, 0.1) is 11.1 Å². The number of carbonyl (C=O) groups is 1. The predicted molar refractivity (Wildman–Crippen MR) is 75.4 cm³/mol. The first kappa shape index (κ1) is 13.0. The summed E-state index contributed by atoms with van der Waals surface area (Å²) in [4.78, 5) is 16.0. The lowest BCUT2D eigenvalue weighted by molar-refractivity contribution is 0.0698. The van der Waals surface area contributed by atoms with Gasteiger partial charge >= 0.3 is 5.97 Å². The smallest absolute Gasteiger partial charge is 0.336 e. The molecule has 1 heterocycles. The lowest BCUT2D eigenvalue weighted by atomic mass is 9.97. The molecule has 0 atom stereocenters. The van der Waals surface area contributed by atoms with E-state index in [1.807, 2.05) is 26.8 Å². The first-order chi connectivity index (χ1) is 8.34. The zero-order valence-electron chi connectivity index (χ0n) is 10.8. The van der Waals surface area contributed by atoms with Crippen LogP contribution >= 0.6 is 15.9 Å². The Morgan fingerprint density at radius 3 is 2.39 bits per heavy atom. The first-order valence-electron chi connectivity index (χ1n) is 5.64. The Hall–Kier alpha value is -1.42. The number of fused-ring (bicyclic) bond motifs is 1. The Kier molecular flexibility index (Phi) is 3.15. The molecule has 94 valence electrons. The Balaban J connectivity index is 3.09. The van der Waals surface area contributed by atoms with Gasteiger partial charge in [-0.25, -0.2) is 4.79 Å². The molecular formula is C14H14BrNO2. The van der Waals surface area contributed by atoms with Gasteiger partial charge in [0.1, 0.15) is 0 Å². The van der Waals surface area contributed by atoms with E-state index < -0.39 is 5.97 Å². The van der Waals surface area contributed by atoms with E-state index in [9.17, 15) is 9.90 Å². The fraction of sp³-hybridized carbons (Fsp3) is 0.286. The summed E-state index contributed by atoms with van der Waals surface area (Å²) < 4.78 is 0.947. The highest BCUT2D eigenvalue weighted by molar-refractivity contribution is 9.10. The average molecular weight is 308 g/mol. The molecule has 1 N–H and O–H groups in total. The van der Waals surface area contributed by atoms with Crippen LogP contribution in [0.2, 0.25) is 0 Å². The number of aryl methyl sites for hydroxylation is 3. The summed E-state index contributed by atoms with van der Waals surface area (Å²) in [5.74, 6) is -0.901. The summed E-state index contributed by atoms with van der Waals surface area (Å²) >= 11 is 3.51. The maximum Gasteiger partial charge on any atom is 0.336 e. The summed E-state index contributed by atoms with van der Waals surface area (Å²) in [5, 5.41) is 10.2. The van der Waals surface area contributed by atoms with Gasteiger partial charge in [-0.1, -0.05) is 15.9 Å². The van der Waals surface area contributed by atoms with E-state index in [4.69, 9.17) is 0 Å². The molecule has 0 aliphatic rings. The molecule has 0 amide bonds. The van der Waals surface area contributed by atoms with Gasteiger partial charge in [-0.3, -0.25) is 4.98 Å². The molecule has 0 unspecified atom stereocenters. The summed E-state index contributed by atoms with van der Waals surface area (Å²) in [6, 6.07) is 1.92. The molecule has 3 nitrogen and oxygen atoms in total. The summed E-state index contributed by atoms with van der Waals surface area (Å²) in [5.41, 5.74) is 4.59. The predicted octanol–water partition coefficient (Wildman–Crippen LogP) is 3.93. The van der Waals surface area contributed by atoms with Crippen LogP contribution < -0.4 is 0 Å². The Morgan fingerprint density at radius 1 is 1.22 bits per heavy atom. The van der Waals surface area contributed by atoms with Gasteiger partial charge in [-0.2, -0.15) is 0 Å². The van der Waals surface area contributed by atoms with Crippen LogP contribution in [0.4, 0.5) is 0 Å². The highest BCUT2D eigenvalue weighted by Gasteiger charge is 2.19. The van der Waals surface area contributed by atoms with Gasteiger partial charge < -0.3 is 5.11 Å². The number of nitrogens with zero attached hydrogens (tertiary/aromatic N) is 1. The molecule has 1 aromatic carbocycles. The molecule has 1 aromatic heterocycles. The molecule has 0 saturated heterocycles. The topological polar surface area (TPSA) is 50.2 Å². The third kappa shape index (κ3) is 1.81. The Morgan fingerprint density at radius 2 is 1.83 bits per heavy atom. The Bertz CT molecular complexity index is 672. The number of aromatic nitrogens is 1. The van der Waals surface area contributed by atoms with Crippen molar-refractivity contribution in [3.05, 3.63) is 38.5 Å². The molecule has 0 aliphatic carbocycles. The molecule has 0 fully saturated rings. The van der Waals surface area contributed by atoms with Gasteiger partial charge in [0.25, 0.3) is 0 Å². The van der Waals surface area contributed by atoms with Crippen LogP contribution in [0.5, 0.6) is 0 Å². The van der Waals surface area contributed by atoms with Crippen LogP contribution in [0.15, 0.2) is 10.5 Å². The van der Waals surface area contributed by atoms with Crippen molar-refractivity contribution in [3.8, 4) is 0 Å². The molecule has 18 heavy (non-hydrogen) atoms. The van der Waals surface area contributed by atoms with E-state index in [1.165, 1.54) is 0 Å².